The summed E-state index contributed by atoms with van der Waals surface area (Å²) in [5.41, 5.74) is 0. The summed E-state index contributed by atoms with van der Waals surface area (Å²) in [6.45, 7) is 4.00. The Morgan fingerprint density at radius 1 is 1.00 bits per heavy atom. The maximum atomic E-state index is 2.00. The summed E-state index contributed by atoms with van der Waals surface area (Å²) in [5, 5.41) is 0. The third-order valence-electron chi connectivity index (χ3n) is 0. The van der Waals surface area contributed by atoms with Gasteiger partial charge in [0.25, 0.3) is 0 Å². The van der Waals surface area contributed by atoms with Crippen LogP contribution < -0.4 is 18.9 Å². The zero-order valence-electron chi connectivity index (χ0n) is 4.00. The van der Waals surface area contributed by atoms with Crippen LogP contribution in [-0.4, -0.2) is 0 Å². The minimum atomic E-state index is 0. The summed E-state index contributed by atoms with van der Waals surface area (Å²) in [6.07, 6.45) is 0. The van der Waals surface area contributed by atoms with Gasteiger partial charge in [-0.1, -0.05) is 13.8 Å². The summed E-state index contributed by atoms with van der Waals surface area (Å²) in [7, 11) is 0. The molecule has 0 aromatic heterocycles. The predicted molar refractivity (Wildman–Crippen MR) is 17.8 cm³/mol. The van der Waals surface area contributed by atoms with Gasteiger partial charge in [0.2, 0.25) is 0 Å². The molecule has 0 N–H and O–H groups in total. The fourth-order valence-corrected chi connectivity index (χ4v) is 0. The van der Waals surface area contributed by atoms with Gasteiger partial charge in [-0.15, -0.1) is 0 Å². The van der Waals surface area contributed by atoms with Crippen LogP contribution >= 0.6 is 0 Å². The summed E-state index contributed by atoms with van der Waals surface area (Å²) in [6, 6.07) is 0. The maximum Gasteiger partial charge on any atom is 1.00 e. The maximum absolute atomic E-state index is 2.00. The van der Waals surface area contributed by atoms with E-state index in [9.17, 15) is 0 Å². The molecule has 0 saturated heterocycles. The van der Waals surface area contributed by atoms with E-state index in [4.69, 9.17) is 0 Å². The van der Waals surface area contributed by atoms with Crippen LogP contribution in [-0.2, 0) is 0 Å². The molecule has 0 heterocycles. The predicted octanol–water partition coefficient (Wildman–Crippen LogP) is -1.52. The van der Waals surface area contributed by atoms with Gasteiger partial charge in [-0.05, 0) is 0 Å². The standard InChI is InChI=1S/C2H6.CH3.Li/c1-2;;/h1-2H3;1H3;/q;-1;+1. The van der Waals surface area contributed by atoms with E-state index in [1.807, 2.05) is 13.8 Å². The van der Waals surface area contributed by atoms with Gasteiger partial charge < -0.3 is 7.43 Å². The molecule has 0 saturated carbocycles. The van der Waals surface area contributed by atoms with Crippen LogP contribution in [0.2, 0.25) is 0 Å². The SMILES string of the molecule is CC.[CH3-].[Li+]. The summed E-state index contributed by atoms with van der Waals surface area (Å²) in [5.74, 6) is 0. The van der Waals surface area contributed by atoms with Crippen molar-refractivity contribution in [1.82, 2.24) is 0 Å². The molecule has 0 atom stereocenters. The van der Waals surface area contributed by atoms with E-state index < -0.39 is 0 Å². The van der Waals surface area contributed by atoms with Crippen molar-refractivity contribution in [2.24, 2.45) is 0 Å². The molecule has 22 valence electrons. The summed E-state index contributed by atoms with van der Waals surface area (Å²) >= 11 is 0. The molecule has 0 rings (SSSR count). The quantitative estimate of drug-likeness (QED) is 0.232. The monoisotopic (exact) mass is 52.1 g/mol. The van der Waals surface area contributed by atoms with Gasteiger partial charge in [0.15, 0.2) is 0 Å². The first-order chi connectivity index (χ1) is 1.00. The average Bonchev–Trinajstić information content (AvgIpc) is 1.00. The van der Waals surface area contributed by atoms with Crippen LogP contribution in [0.25, 0.3) is 0 Å². The van der Waals surface area contributed by atoms with Crippen molar-refractivity contribution in [2.75, 3.05) is 0 Å². The van der Waals surface area contributed by atoms with Crippen molar-refractivity contribution in [3.63, 3.8) is 0 Å². The largest absolute Gasteiger partial charge is 1.00 e. The topological polar surface area (TPSA) is 0 Å². The first-order valence-corrected chi connectivity index (χ1v) is 1.00. The van der Waals surface area contributed by atoms with Gasteiger partial charge in [-0.25, -0.2) is 0 Å². The number of hydrogen-bond donors (Lipinski definition) is 0. The minimum Gasteiger partial charge on any atom is -0.358 e. The summed E-state index contributed by atoms with van der Waals surface area (Å²) < 4.78 is 0. The van der Waals surface area contributed by atoms with Crippen molar-refractivity contribution < 1.29 is 18.9 Å². The van der Waals surface area contributed by atoms with Gasteiger partial charge in [0.1, 0.15) is 0 Å². The molecule has 0 unspecified atom stereocenters. The van der Waals surface area contributed by atoms with Gasteiger partial charge >= 0.3 is 18.9 Å². The second-order valence-corrected chi connectivity index (χ2v) is 0. The molecule has 0 aromatic carbocycles. The normalized spacial score (nSPS) is 1.50. The Labute approximate surface area is 40.8 Å². The molecule has 0 bridgehead atoms. The van der Waals surface area contributed by atoms with Crippen LogP contribution in [0.5, 0.6) is 0 Å². The van der Waals surface area contributed by atoms with E-state index in [2.05, 4.69) is 0 Å². The summed E-state index contributed by atoms with van der Waals surface area (Å²) in [4.78, 5) is 0. The molecule has 0 amide bonds. The van der Waals surface area contributed by atoms with E-state index in [0.29, 0.717) is 0 Å². The molecule has 4 heavy (non-hydrogen) atoms. The Bertz CT molecular complexity index is 3.25. The third kappa shape index (κ3) is 18.6. The molecule has 0 aliphatic heterocycles. The van der Waals surface area contributed by atoms with Gasteiger partial charge in [0, 0.05) is 0 Å². The fourth-order valence-electron chi connectivity index (χ4n) is 0. The third-order valence-corrected chi connectivity index (χ3v) is 0. The Kier molecular flexibility index (Phi) is 396. The van der Waals surface area contributed by atoms with Crippen LogP contribution in [0.1, 0.15) is 13.8 Å². The second kappa shape index (κ2) is 68.0. The van der Waals surface area contributed by atoms with Crippen molar-refractivity contribution in [1.29, 1.82) is 0 Å². The molecule has 0 aromatic rings. The molecule has 0 spiro atoms. The van der Waals surface area contributed by atoms with E-state index >= 15 is 0 Å². The van der Waals surface area contributed by atoms with E-state index in [-0.39, 0.29) is 26.3 Å². The molecule has 0 radical (unpaired) electrons. The Hall–Kier alpha value is 0.597. The zero-order valence-corrected chi connectivity index (χ0v) is 4.00. The molecule has 0 aliphatic carbocycles. The molecule has 1 heteroatoms. The van der Waals surface area contributed by atoms with E-state index in [1.165, 1.54) is 0 Å². The van der Waals surface area contributed by atoms with Crippen LogP contribution in [0.15, 0.2) is 0 Å². The first kappa shape index (κ1) is 23.3. The Morgan fingerprint density at radius 2 is 1.00 bits per heavy atom. The average molecular weight is 52.0 g/mol. The fraction of sp³-hybridized carbons (Fsp3) is 0.667. The van der Waals surface area contributed by atoms with Gasteiger partial charge in [0.05, 0.1) is 0 Å². The van der Waals surface area contributed by atoms with Gasteiger partial charge in [-0.3, -0.25) is 0 Å². The van der Waals surface area contributed by atoms with Gasteiger partial charge in [-0.2, -0.15) is 0 Å². The van der Waals surface area contributed by atoms with Crippen molar-refractivity contribution in [2.45, 2.75) is 13.8 Å². The van der Waals surface area contributed by atoms with Crippen LogP contribution in [0.4, 0.5) is 0 Å². The van der Waals surface area contributed by atoms with E-state index in [0.717, 1.165) is 0 Å². The molecule has 0 nitrogen and oxygen atoms in total. The molecular formula is C3H9Li. The molecule has 0 aliphatic rings. The molecule has 0 fully saturated rings. The minimum absolute atomic E-state index is 0. The smallest absolute Gasteiger partial charge is 0.358 e. The zero-order chi connectivity index (χ0) is 2.00. The first-order valence-electron chi connectivity index (χ1n) is 1.00. The Balaban J connectivity index is -0.00000000500. The molecular weight excluding hydrogens is 43.0 g/mol. The van der Waals surface area contributed by atoms with Crippen molar-refractivity contribution >= 4 is 0 Å². The van der Waals surface area contributed by atoms with Crippen molar-refractivity contribution in [3.05, 3.63) is 7.43 Å². The van der Waals surface area contributed by atoms with Crippen molar-refractivity contribution in [3.8, 4) is 0 Å². The second-order valence-electron chi connectivity index (χ2n) is 0. The Morgan fingerprint density at radius 3 is 1.00 bits per heavy atom. The number of rotatable bonds is 0. The van der Waals surface area contributed by atoms with Crippen LogP contribution in [0, 0.1) is 7.43 Å². The van der Waals surface area contributed by atoms with E-state index in [1.54, 1.807) is 0 Å². The number of hydrogen-bond acceptors (Lipinski definition) is 0. The van der Waals surface area contributed by atoms with Crippen LogP contribution in [0.3, 0.4) is 0 Å².